The van der Waals surface area contributed by atoms with Gasteiger partial charge in [0.1, 0.15) is 18.3 Å². The number of benzene rings is 4. The first-order valence-corrected chi connectivity index (χ1v) is 16.6. The molecule has 0 saturated heterocycles. The molecule has 0 heterocycles. The van der Waals surface area contributed by atoms with Crippen molar-refractivity contribution >= 4 is 27.5 Å². The van der Waals surface area contributed by atoms with Crippen LogP contribution in [0.5, 0.6) is 5.75 Å². The molecular weight excluding hydrogens is 586 g/mol. The highest BCUT2D eigenvalue weighted by Crippen LogP contribution is 2.28. The van der Waals surface area contributed by atoms with Crippen molar-refractivity contribution in [1.29, 1.82) is 0 Å². The molecule has 0 saturated carbocycles. The van der Waals surface area contributed by atoms with Gasteiger partial charge in [-0.1, -0.05) is 97.8 Å². The predicted octanol–water partition coefficient (Wildman–Crippen LogP) is 5.76. The Kier molecular flexibility index (Phi) is 11.8. The lowest BCUT2D eigenvalue weighted by atomic mass is 10.0. The average Bonchev–Trinajstić information content (AvgIpc) is 3.06. The molecule has 0 unspecified atom stereocenters. The molecule has 0 aliphatic carbocycles. The Bertz CT molecular complexity index is 1660. The summed E-state index contributed by atoms with van der Waals surface area (Å²) >= 11 is 0. The van der Waals surface area contributed by atoms with E-state index >= 15 is 0 Å². The normalized spacial score (nSPS) is 11.8. The molecule has 0 fully saturated rings. The van der Waals surface area contributed by atoms with Gasteiger partial charge in [0, 0.05) is 25.6 Å². The standard InChI is InChI=1S/C36H41N3O5S/c1-4-5-22-37-36(41)34(24-29-15-8-6-9-16-29)38(26-30-17-12-14-28(2)23-30)35(40)27-39(31-18-13-19-32(25-31)44-3)45(42,43)33-20-10-7-11-21-33/h6-21,23,25,34H,4-5,22,24,26-27H2,1-3H3,(H,37,41)/t34-/m1/s1. The first kappa shape index (κ1) is 33.3. The minimum Gasteiger partial charge on any atom is -0.497 e. The number of sulfonamides is 1. The maximum Gasteiger partial charge on any atom is 0.264 e. The smallest absolute Gasteiger partial charge is 0.264 e. The second-order valence-corrected chi connectivity index (χ2v) is 12.7. The molecule has 1 N–H and O–H groups in total. The molecule has 4 rings (SSSR count). The van der Waals surface area contributed by atoms with Crippen molar-refractivity contribution < 1.29 is 22.7 Å². The molecule has 0 aliphatic rings. The summed E-state index contributed by atoms with van der Waals surface area (Å²) in [6, 6.07) is 31.0. The van der Waals surface area contributed by atoms with Crippen molar-refractivity contribution in [3.05, 3.63) is 126 Å². The number of ether oxygens (including phenoxy) is 1. The van der Waals surface area contributed by atoms with Gasteiger partial charge in [-0.05, 0) is 48.7 Å². The lowest BCUT2D eigenvalue weighted by Crippen LogP contribution is -2.53. The van der Waals surface area contributed by atoms with Gasteiger partial charge >= 0.3 is 0 Å². The Morgan fingerprint density at radius 3 is 2.18 bits per heavy atom. The molecule has 0 aromatic heterocycles. The summed E-state index contributed by atoms with van der Waals surface area (Å²) in [4.78, 5) is 29.9. The number of unbranched alkanes of at least 4 members (excludes halogenated alkanes) is 1. The Hall–Kier alpha value is -4.63. The molecule has 0 spiro atoms. The third kappa shape index (κ3) is 8.95. The van der Waals surface area contributed by atoms with E-state index in [-0.39, 0.29) is 29.5 Å². The van der Waals surface area contributed by atoms with E-state index < -0.39 is 28.5 Å². The third-order valence-electron chi connectivity index (χ3n) is 7.49. The summed E-state index contributed by atoms with van der Waals surface area (Å²) < 4.78 is 34.7. The van der Waals surface area contributed by atoms with Crippen LogP contribution in [0.2, 0.25) is 0 Å². The highest BCUT2D eigenvalue weighted by Gasteiger charge is 2.34. The summed E-state index contributed by atoms with van der Waals surface area (Å²) in [5.41, 5.74) is 3.00. The molecule has 4 aromatic carbocycles. The summed E-state index contributed by atoms with van der Waals surface area (Å²) in [6.45, 7) is 4.08. The summed E-state index contributed by atoms with van der Waals surface area (Å²) in [7, 11) is -2.68. The fraction of sp³-hybridized carbons (Fsp3) is 0.278. The van der Waals surface area contributed by atoms with E-state index in [0.717, 1.165) is 33.8 Å². The number of nitrogens with zero attached hydrogens (tertiary/aromatic N) is 2. The van der Waals surface area contributed by atoms with Crippen LogP contribution in [-0.4, -0.2) is 51.4 Å². The number of carbonyl (C=O) groups is 2. The van der Waals surface area contributed by atoms with E-state index in [1.165, 1.54) is 24.1 Å². The molecule has 1 atom stereocenters. The minimum atomic E-state index is -4.18. The van der Waals surface area contributed by atoms with Crippen molar-refractivity contribution in [3.63, 3.8) is 0 Å². The van der Waals surface area contributed by atoms with Gasteiger partial charge in [0.05, 0.1) is 17.7 Å². The van der Waals surface area contributed by atoms with Crippen molar-refractivity contribution in [2.45, 2.75) is 50.6 Å². The van der Waals surface area contributed by atoms with Crippen molar-refractivity contribution in [2.75, 3.05) is 24.5 Å². The quantitative estimate of drug-likeness (QED) is 0.169. The maximum atomic E-state index is 14.5. The average molecular weight is 628 g/mol. The van der Waals surface area contributed by atoms with Crippen molar-refractivity contribution in [3.8, 4) is 5.75 Å². The number of methoxy groups -OCH3 is 1. The Morgan fingerprint density at radius 1 is 0.844 bits per heavy atom. The van der Waals surface area contributed by atoms with E-state index in [4.69, 9.17) is 4.74 Å². The first-order valence-electron chi connectivity index (χ1n) is 15.1. The van der Waals surface area contributed by atoms with E-state index in [2.05, 4.69) is 5.32 Å². The molecule has 9 heteroatoms. The zero-order valence-electron chi connectivity index (χ0n) is 26.1. The van der Waals surface area contributed by atoms with Gasteiger partial charge in [0.2, 0.25) is 11.8 Å². The second kappa shape index (κ2) is 15.9. The monoisotopic (exact) mass is 627 g/mol. The maximum absolute atomic E-state index is 14.5. The number of hydrogen-bond donors (Lipinski definition) is 1. The van der Waals surface area contributed by atoms with Gasteiger partial charge in [0.25, 0.3) is 10.0 Å². The van der Waals surface area contributed by atoms with Crippen LogP contribution in [0.3, 0.4) is 0 Å². The van der Waals surface area contributed by atoms with Gasteiger partial charge in [-0.25, -0.2) is 8.42 Å². The molecular formula is C36H41N3O5S. The minimum absolute atomic E-state index is 0.0454. The molecule has 2 amide bonds. The lowest BCUT2D eigenvalue weighted by Gasteiger charge is -2.34. The number of amides is 2. The lowest BCUT2D eigenvalue weighted by molar-refractivity contribution is -0.140. The van der Waals surface area contributed by atoms with Crippen LogP contribution >= 0.6 is 0 Å². The van der Waals surface area contributed by atoms with Crippen LogP contribution in [0.25, 0.3) is 0 Å². The molecule has 0 aliphatic heterocycles. The first-order chi connectivity index (χ1) is 21.7. The molecule has 0 radical (unpaired) electrons. The van der Waals surface area contributed by atoms with E-state index in [1.807, 2.05) is 68.4 Å². The number of nitrogens with one attached hydrogen (secondary N) is 1. The molecule has 8 nitrogen and oxygen atoms in total. The van der Waals surface area contributed by atoms with Crippen LogP contribution in [-0.2, 0) is 32.6 Å². The van der Waals surface area contributed by atoms with Gasteiger partial charge in [-0.3, -0.25) is 13.9 Å². The number of anilines is 1. The molecule has 45 heavy (non-hydrogen) atoms. The highest BCUT2D eigenvalue weighted by atomic mass is 32.2. The van der Waals surface area contributed by atoms with E-state index in [1.54, 1.807) is 42.5 Å². The number of rotatable bonds is 15. The largest absolute Gasteiger partial charge is 0.497 e. The summed E-state index contributed by atoms with van der Waals surface area (Å²) in [6.07, 6.45) is 1.97. The van der Waals surface area contributed by atoms with E-state index in [0.29, 0.717) is 12.3 Å². The van der Waals surface area contributed by atoms with Crippen molar-refractivity contribution in [1.82, 2.24) is 10.2 Å². The van der Waals surface area contributed by atoms with Gasteiger partial charge in [0.15, 0.2) is 0 Å². The predicted molar refractivity (Wildman–Crippen MR) is 178 cm³/mol. The second-order valence-electron chi connectivity index (χ2n) is 10.9. The van der Waals surface area contributed by atoms with Gasteiger partial charge < -0.3 is 15.0 Å². The zero-order valence-corrected chi connectivity index (χ0v) is 26.9. The molecule has 0 bridgehead atoms. The highest BCUT2D eigenvalue weighted by molar-refractivity contribution is 7.92. The van der Waals surface area contributed by atoms with Gasteiger partial charge in [-0.15, -0.1) is 0 Å². The van der Waals surface area contributed by atoms with Crippen LogP contribution in [0.4, 0.5) is 5.69 Å². The molecule has 236 valence electrons. The Balaban J connectivity index is 1.79. The zero-order chi connectivity index (χ0) is 32.2. The number of carbonyl (C=O) groups excluding carboxylic acids is 2. The van der Waals surface area contributed by atoms with Crippen LogP contribution < -0.4 is 14.4 Å². The van der Waals surface area contributed by atoms with Crippen LogP contribution in [0.1, 0.15) is 36.5 Å². The summed E-state index contributed by atoms with van der Waals surface area (Å²) in [5.74, 6) is -0.348. The number of aryl methyl sites for hydroxylation is 1. The molecule has 4 aromatic rings. The Labute approximate surface area is 266 Å². The van der Waals surface area contributed by atoms with Crippen molar-refractivity contribution in [2.24, 2.45) is 0 Å². The Morgan fingerprint density at radius 2 is 1.51 bits per heavy atom. The number of hydrogen-bond acceptors (Lipinski definition) is 5. The summed E-state index contributed by atoms with van der Waals surface area (Å²) in [5, 5.41) is 3.01. The van der Waals surface area contributed by atoms with Gasteiger partial charge in [-0.2, -0.15) is 0 Å². The fourth-order valence-corrected chi connectivity index (χ4v) is 6.51. The van der Waals surface area contributed by atoms with E-state index in [9.17, 15) is 18.0 Å². The third-order valence-corrected chi connectivity index (χ3v) is 9.28. The van der Waals surface area contributed by atoms with Crippen LogP contribution in [0.15, 0.2) is 114 Å². The fourth-order valence-electron chi connectivity index (χ4n) is 5.08. The van der Waals surface area contributed by atoms with Crippen LogP contribution in [0, 0.1) is 6.92 Å². The SMILES string of the molecule is CCCCNC(=O)[C@@H](Cc1ccccc1)N(Cc1cccc(C)c1)C(=O)CN(c1cccc(OC)c1)S(=O)(=O)c1ccccc1. The topological polar surface area (TPSA) is 96.0 Å².